The zero-order valence-corrected chi connectivity index (χ0v) is 21.3. The Balaban J connectivity index is 1.24. The van der Waals surface area contributed by atoms with Crippen LogP contribution >= 0.6 is 0 Å². The van der Waals surface area contributed by atoms with Gasteiger partial charge in [0.05, 0.1) is 11.1 Å². The average molecular weight is 568 g/mol. The highest BCUT2D eigenvalue weighted by Gasteiger charge is 2.48. The number of nitrogen functional groups attached to an aromatic ring is 1. The highest BCUT2D eigenvalue weighted by Crippen LogP contribution is 2.38. The Hall–Kier alpha value is -3.76. The lowest BCUT2D eigenvalue weighted by Gasteiger charge is -2.29. The van der Waals surface area contributed by atoms with E-state index in [0.717, 1.165) is 0 Å². The first kappa shape index (κ1) is 27.8. The highest BCUT2D eigenvalue weighted by molar-refractivity contribution is 5.99. The number of carbonyl (C=O) groups is 2. The molecule has 1 aliphatic carbocycles. The van der Waals surface area contributed by atoms with Crippen LogP contribution in [0.2, 0.25) is 0 Å². The number of aliphatic hydroxyl groups excluding tert-OH is 2. The van der Waals surface area contributed by atoms with E-state index in [1.165, 1.54) is 10.9 Å². The summed E-state index contributed by atoms with van der Waals surface area (Å²) in [6.07, 6.45) is -5.57. The van der Waals surface area contributed by atoms with Crippen molar-refractivity contribution in [1.29, 1.82) is 0 Å². The van der Waals surface area contributed by atoms with Crippen molar-refractivity contribution in [1.82, 2.24) is 29.6 Å². The second kappa shape index (κ2) is 10.7. The summed E-state index contributed by atoms with van der Waals surface area (Å²) in [4.78, 5) is 32.3. The topological polar surface area (TPSA) is 180 Å². The summed E-state index contributed by atoms with van der Waals surface area (Å²) in [5.41, 5.74) is 7.58. The fourth-order valence-electron chi connectivity index (χ4n) is 5.18. The molecule has 3 aromatic heterocycles. The van der Waals surface area contributed by atoms with E-state index in [1.807, 2.05) is 0 Å². The number of carbonyl (C=O) groups excluding carboxylic acids is 2. The lowest BCUT2D eigenvalue weighted by Crippen LogP contribution is -2.44. The average Bonchev–Trinajstić information content (AvgIpc) is 3.59. The summed E-state index contributed by atoms with van der Waals surface area (Å²) in [6, 6.07) is 1.76. The number of amides is 1. The van der Waals surface area contributed by atoms with Gasteiger partial charge in [-0.3, -0.25) is 9.48 Å². The van der Waals surface area contributed by atoms with E-state index in [-0.39, 0.29) is 31.1 Å². The third-order valence-electron chi connectivity index (χ3n) is 7.26. The fourth-order valence-corrected chi connectivity index (χ4v) is 5.18. The third-order valence-corrected chi connectivity index (χ3v) is 7.26. The Kier molecular flexibility index (Phi) is 7.41. The lowest BCUT2D eigenvalue weighted by molar-refractivity contribution is -0.206. The second-order valence-electron chi connectivity index (χ2n) is 10.0. The lowest BCUT2D eigenvalue weighted by atomic mass is 9.87. The van der Waals surface area contributed by atoms with Gasteiger partial charge in [0.15, 0.2) is 12.3 Å². The van der Waals surface area contributed by atoms with Gasteiger partial charge < -0.3 is 35.3 Å². The molecule has 0 aromatic carbocycles. The van der Waals surface area contributed by atoms with E-state index >= 15 is 0 Å². The molecule has 13 nitrogen and oxygen atoms in total. The summed E-state index contributed by atoms with van der Waals surface area (Å²) in [5.74, 6) is -2.76. The van der Waals surface area contributed by atoms with Crippen molar-refractivity contribution in [3.8, 4) is 11.3 Å². The maximum atomic E-state index is 12.9. The largest absolute Gasteiger partial charge is 0.490 e. The Morgan fingerprint density at radius 3 is 2.58 bits per heavy atom. The molecule has 5 rings (SSSR count). The minimum Gasteiger partial charge on any atom is -0.456 e. The Labute approximate surface area is 225 Å². The van der Waals surface area contributed by atoms with Crippen LogP contribution in [0, 0.1) is 5.92 Å². The van der Waals surface area contributed by atoms with Crippen molar-refractivity contribution in [2.45, 2.75) is 62.5 Å². The molecule has 5 N–H and O–H groups in total. The first-order valence-corrected chi connectivity index (χ1v) is 12.6. The quantitative estimate of drug-likeness (QED) is 0.312. The number of esters is 1. The Morgan fingerprint density at radius 1 is 1.20 bits per heavy atom. The van der Waals surface area contributed by atoms with Crippen LogP contribution < -0.4 is 11.1 Å². The van der Waals surface area contributed by atoms with Crippen LogP contribution in [0.3, 0.4) is 0 Å². The molecule has 1 saturated heterocycles. The standard InChI is InChI=1S/C24H28F3N7O6/c1-33-7-6-14(32-33)13-9-34(20-15(13)19(28)30-10-31-20)22-17(36)16(35)18(40-22)21(37)29-8-11-2-4-12(5-3-11)39-23(38)24(25,26)27/h6-7,9-12,16-18,22,35-36H,2-5,8H2,1H3,(H,29,37)(H2,28,30,31)/t11?,12?,16-,17+,18-,22+/m0/s1. The van der Waals surface area contributed by atoms with Crippen molar-refractivity contribution in [2.24, 2.45) is 13.0 Å². The molecule has 0 spiro atoms. The van der Waals surface area contributed by atoms with Crippen molar-refractivity contribution in [2.75, 3.05) is 12.3 Å². The van der Waals surface area contributed by atoms with Crippen LogP contribution in [-0.4, -0.2) is 83.5 Å². The van der Waals surface area contributed by atoms with E-state index in [9.17, 15) is 33.0 Å². The van der Waals surface area contributed by atoms with Gasteiger partial charge in [-0.15, -0.1) is 0 Å². The number of aromatic nitrogens is 5. The summed E-state index contributed by atoms with van der Waals surface area (Å²) in [5, 5.41) is 29.0. The van der Waals surface area contributed by atoms with Crippen LogP contribution in [0.15, 0.2) is 24.8 Å². The molecule has 4 heterocycles. The van der Waals surface area contributed by atoms with Gasteiger partial charge in [-0.25, -0.2) is 14.8 Å². The molecular weight excluding hydrogens is 539 g/mol. The Bertz CT molecular complexity index is 1400. The normalized spacial score (nSPS) is 27.1. The van der Waals surface area contributed by atoms with Gasteiger partial charge in [0.2, 0.25) is 0 Å². The van der Waals surface area contributed by atoms with E-state index < -0.39 is 48.7 Å². The van der Waals surface area contributed by atoms with Crippen molar-refractivity contribution in [3.63, 3.8) is 0 Å². The number of alkyl halides is 3. The number of hydrogen-bond donors (Lipinski definition) is 4. The summed E-state index contributed by atoms with van der Waals surface area (Å²) < 4.78 is 50.7. The van der Waals surface area contributed by atoms with Crippen molar-refractivity contribution >= 4 is 28.7 Å². The van der Waals surface area contributed by atoms with Crippen molar-refractivity contribution in [3.05, 3.63) is 24.8 Å². The van der Waals surface area contributed by atoms with E-state index in [0.29, 0.717) is 35.1 Å². The van der Waals surface area contributed by atoms with Crippen LogP contribution in [0.1, 0.15) is 31.9 Å². The van der Waals surface area contributed by atoms with E-state index in [2.05, 4.69) is 25.1 Å². The molecule has 216 valence electrons. The van der Waals surface area contributed by atoms with Gasteiger partial charge in [-0.05, 0) is 37.7 Å². The van der Waals surface area contributed by atoms with Gasteiger partial charge >= 0.3 is 12.1 Å². The zero-order chi connectivity index (χ0) is 28.8. The van der Waals surface area contributed by atoms with Gasteiger partial charge in [-0.1, -0.05) is 0 Å². The smallest absolute Gasteiger partial charge is 0.456 e. The number of rotatable bonds is 6. The third kappa shape index (κ3) is 5.33. The molecule has 0 radical (unpaired) electrons. The molecule has 2 fully saturated rings. The molecular formula is C24H28F3N7O6. The maximum Gasteiger partial charge on any atom is 0.490 e. The zero-order valence-electron chi connectivity index (χ0n) is 21.3. The van der Waals surface area contributed by atoms with Crippen molar-refractivity contribution < 1.29 is 42.4 Å². The fraction of sp³-hybridized carbons (Fsp3) is 0.542. The highest BCUT2D eigenvalue weighted by atomic mass is 19.4. The van der Waals surface area contributed by atoms with Crippen LogP contribution in [0.25, 0.3) is 22.3 Å². The SMILES string of the molecule is Cn1ccc(-c2cn([C@@H]3O[C@H](C(=O)NCC4CCC(OC(=O)C(F)(F)F)CC4)[C@@H](O)[C@H]3O)c3ncnc(N)c23)n1. The molecule has 0 unspecified atom stereocenters. The summed E-state index contributed by atoms with van der Waals surface area (Å²) >= 11 is 0. The molecule has 1 aliphatic heterocycles. The second-order valence-corrected chi connectivity index (χ2v) is 10.0. The maximum absolute atomic E-state index is 12.9. The number of aryl methyl sites for hydroxylation is 1. The number of ether oxygens (including phenoxy) is 2. The number of anilines is 1. The van der Waals surface area contributed by atoms with E-state index in [1.54, 1.807) is 30.2 Å². The predicted octanol–water partition coefficient (Wildman–Crippen LogP) is 0.814. The molecule has 0 bridgehead atoms. The first-order chi connectivity index (χ1) is 18.9. The number of hydrogen-bond acceptors (Lipinski definition) is 10. The molecule has 3 aromatic rings. The molecule has 1 amide bonds. The summed E-state index contributed by atoms with van der Waals surface area (Å²) in [6.45, 7) is 0.173. The first-order valence-electron chi connectivity index (χ1n) is 12.6. The Morgan fingerprint density at radius 2 is 1.93 bits per heavy atom. The van der Waals surface area contributed by atoms with Crippen LogP contribution in [0.5, 0.6) is 0 Å². The molecule has 1 saturated carbocycles. The van der Waals surface area contributed by atoms with Crippen LogP contribution in [-0.2, 0) is 26.1 Å². The van der Waals surface area contributed by atoms with Gasteiger partial charge in [0.1, 0.15) is 36.1 Å². The van der Waals surface area contributed by atoms with Gasteiger partial charge in [0, 0.05) is 31.5 Å². The van der Waals surface area contributed by atoms with Crippen LogP contribution in [0.4, 0.5) is 19.0 Å². The molecule has 2 aliphatic rings. The minimum atomic E-state index is -5.04. The molecule has 40 heavy (non-hydrogen) atoms. The molecule has 16 heteroatoms. The van der Waals surface area contributed by atoms with Gasteiger partial charge in [0.25, 0.3) is 5.91 Å². The number of aliphatic hydroxyl groups is 2. The minimum absolute atomic E-state index is 0.0712. The predicted molar refractivity (Wildman–Crippen MR) is 131 cm³/mol. The number of fused-ring (bicyclic) bond motifs is 1. The van der Waals surface area contributed by atoms with Gasteiger partial charge in [-0.2, -0.15) is 18.3 Å². The number of nitrogens with two attached hydrogens (primary N) is 1. The van der Waals surface area contributed by atoms with E-state index in [4.69, 9.17) is 10.5 Å². The number of nitrogens with zero attached hydrogens (tertiary/aromatic N) is 5. The summed E-state index contributed by atoms with van der Waals surface area (Å²) in [7, 11) is 1.75. The number of nitrogens with one attached hydrogen (secondary N) is 1. The monoisotopic (exact) mass is 567 g/mol. The number of halogens is 3. The molecule has 4 atom stereocenters.